The summed E-state index contributed by atoms with van der Waals surface area (Å²) in [6.07, 6.45) is 2.78. The zero-order valence-electron chi connectivity index (χ0n) is 5.31. The van der Waals surface area contributed by atoms with E-state index in [1.54, 1.807) is 0 Å². The first-order chi connectivity index (χ1) is 3.93. The minimum absolute atomic E-state index is 0.771. The van der Waals surface area contributed by atoms with Crippen LogP contribution in [0.2, 0.25) is 0 Å². The average Bonchev–Trinajstić information content (AvgIpc) is 2.51. The van der Waals surface area contributed by atoms with Gasteiger partial charge in [0.15, 0.2) is 0 Å². The van der Waals surface area contributed by atoms with Crippen LogP contribution >= 0.6 is 0 Å². The molecule has 1 rings (SSSR count). The third kappa shape index (κ3) is 2.28. The normalized spacial score (nSPS) is 19.1. The lowest BCUT2D eigenvalue weighted by Crippen LogP contribution is -2.16. The van der Waals surface area contributed by atoms with E-state index in [1.165, 1.54) is 12.8 Å². The molecule has 0 aromatic rings. The Hall–Kier alpha value is -0.0800. The lowest BCUT2D eigenvalue weighted by atomic mass is 10.4. The molecular formula is C6H13NO. The Morgan fingerprint density at radius 3 is 2.88 bits per heavy atom. The summed E-state index contributed by atoms with van der Waals surface area (Å²) in [6, 6.07) is 0. The molecule has 1 saturated carbocycles. The molecular weight excluding hydrogens is 102 g/mol. The molecule has 0 spiro atoms. The van der Waals surface area contributed by atoms with E-state index in [-0.39, 0.29) is 0 Å². The van der Waals surface area contributed by atoms with Crippen LogP contribution in [0.15, 0.2) is 0 Å². The van der Waals surface area contributed by atoms with Crippen LogP contribution in [0.5, 0.6) is 0 Å². The second-order valence-electron chi connectivity index (χ2n) is 2.22. The monoisotopic (exact) mass is 115 g/mol. The van der Waals surface area contributed by atoms with Crippen LogP contribution in [0.25, 0.3) is 0 Å². The van der Waals surface area contributed by atoms with Gasteiger partial charge >= 0.3 is 0 Å². The molecule has 0 aromatic heterocycles. The van der Waals surface area contributed by atoms with Gasteiger partial charge < -0.3 is 4.84 Å². The van der Waals surface area contributed by atoms with Crippen molar-refractivity contribution in [2.45, 2.75) is 19.8 Å². The third-order valence-corrected chi connectivity index (χ3v) is 1.32. The van der Waals surface area contributed by atoms with E-state index in [0.29, 0.717) is 0 Å². The van der Waals surface area contributed by atoms with Crippen LogP contribution in [0, 0.1) is 5.92 Å². The van der Waals surface area contributed by atoms with Crippen LogP contribution in [0.3, 0.4) is 0 Å². The molecule has 2 heteroatoms. The van der Waals surface area contributed by atoms with E-state index in [2.05, 4.69) is 5.48 Å². The zero-order valence-corrected chi connectivity index (χ0v) is 5.31. The van der Waals surface area contributed by atoms with Crippen molar-refractivity contribution in [2.75, 3.05) is 13.2 Å². The molecule has 0 unspecified atom stereocenters. The van der Waals surface area contributed by atoms with Gasteiger partial charge in [-0.05, 0) is 25.7 Å². The summed E-state index contributed by atoms with van der Waals surface area (Å²) in [4.78, 5) is 4.93. The maximum Gasteiger partial charge on any atom is 0.0653 e. The topological polar surface area (TPSA) is 21.3 Å². The van der Waals surface area contributed by atoms with Crippen molar-refractivity contribution < 1.29 is 4.84 Å². The molecule has 8 heavy (non-hydrogen) atoms. The van der Waals surface area contributed by atoms with Crippen LogP contribution in [-0.2, 0) is 4.84 Å². The summed E-state index contributed by atoms with van der Waals surface area (Å²) < 4.78 is 0. The summed E-state index contributed by atoms with van der Waals surface area (Å²) in [7, 11) is 0. The zero-order chi connectivity index (χ0) is 5.82. The molecule has 48 valence electrons. The summed E-state index contributed by atoms with van der Waals surface area (Å²) >= 11 is 0. The number of hydroxylamine groups is 1. The average molecular weight is 115 g/mol. The van der Waals surface area contributed by atoms with Crippen LogP contribution in [0.4, 0.5) is 0 Å². The van der Waals surface area contributed by atoms with E-state index in [1.807, 2.05) is 6.92 Å². The van der Waals surface area contributed by atoms with E-state index in [4.69, 9.17) is 4.84 Å². The quantitative estimate of drug-likeness (QED) is 0.435. The highest BCUT2D eigenvalue weighted by Gasteiger charge is 2.20. The number of rotatable bonds is 4. The summed E-state index contributed by atoms with van der Waals surface area (Å²) in [5.41, 5.74) is 2.90. The first-order valence-electron chi connectivity index (χ1n) is 3.28. The standard InChI is InChI=1S/C6H13NO/c1-2-8-7-5-6-3-4-6/h6-7H,2-5H2,1H3. The van der Waals surface area contributed by atoms with E-state index in [9.17, 15) is 0 Å². The van der Waals surface area contributed by atoms with Gasteiger partial charge in [0, 0.05) is 6.54 Å². The molecule has 0 radical (unpaired) electrons. The number of hydrogen-bond donors (Lipinski definition) is 1. The molecule has 0 amide bonds. The second kappa shape index (κ2) is 3.05. The van der Waals surface area contributed by atoms with Gasteiger partial charge in [0.05, 0.1) is 6.61 Å². The van der Waals surface area contributed by atoms with E-state index >= 15 is 0 Å². The van der Waals surface area contributed by atoms with Crippen LogP contribution in [-0.4, -0.2) is 13.2 Å². The Kier molecular flexibility index (Phi) is 2.30. The molecule has 0 aliphatic heterocycles. The van der Waals surface area contributed by atoms with Gasteiger partial charge in [0.1, 0.15) is 0 Å². The maximum absolute atomic E-state index is 4.93. The Balaban J connectivity index is 1.74. The lowest BCUT2D eigenvalue weighted by molar-refractivity contribution is 0.0483. The van der Waals surface area contributed by atoms with Gasteiger partial charge in [-0.15, -0.1) is 0 Å². The summed E-state index contributed by atoms with van der Waals surface area (Å²) in [5, 5.41) is 0. The fourth-order valence-electron chi connectivity index (χ4n) is 0.601. The Morgan fingerprint density at radius 1 is 1.62 bits per heavy atom. The molecule has 1 aliphatic carbocycles. The molecule has 0 heterocycles. The maximum atomic E-state index is 4.93. The van der Waals surface area contributed by atoms with Crippen molar-refractivity contribution in [1.82, 2.24) is 5.48 Å². The highest BCUT2D eigenvalue weighted by Crippen LogP contribution is 2.27. The predicted octanol–water partition coefficient (Wildman–Crippen LogP) is 0.938. The SMILES string of the molecule is CCONCC1CC1. The highest BCUT2D eigenvalue weighted by atomic mass is 16.6. The first kappa shape index (κ1) is 6.05. The molecule has 2 nitrogen and oxygen atoms in total. The Bertz CT molecular complexity index is 61.5. The number of hydrogen-bond acceptors (Lipinski definition) is 2. The molecule has 0 aromatic carbocycles. The molecule has 0 saturated heterocycles. The summed E-state index contributed by atoms with van der Waals surface area (Å²) in [5.74, 6) is 0.918. The van der Waals surface area contributed by atoms with Crippen molar-refractivity contribution in [3.8, 4) is 0 Å². The molecule has 1 aliphatic rings. The Labute approximate surface area is 50.2 Å². The van der Waals surface area contributed by atoms with E-state index < -0.39 is 0 Å². The predicted molar refractivity (Wildman–Crippen MR) is 32.4 cm³/mol. The molecule has 0 bridgehead atoms. The minimum atomic E-state index is 0.771. The van der Waals surface area contributed by atoms with Gasteiger partial charge in [0.2, 0.25) is 0 Å². The number of nitrogens with one attached hydrogen (secondary N) is 1. The fraction of sp³-hybridized carbons (Fsp3) is 1.00. The van der Waals surface area contributed by atoms with Gasteiger partial charge in [0.25, 0.3) is 0 Å². The highest BCUT2D eigenvalue weighted by molar-refractivity contribution is 4.73. The smallest absolute Gasteiger partial charge is 0.0653 e. The third-order valence-electron chi connectivity index (χ3n) is 1.32. The second-order valence-corrected chi connectivity index (χ2v) is 2.22. The lowest BCUT2D eigenvalue weighted by Gasteiger charge is -1.98. The van der Waals surface area contributed by atoms with Gasteiger partial charge in [-0.2, -0.15) is 0 Å². The Morgan fingerprint density at radius 2 is 2.38 bits per heavy atom. The van der Waals surface area contributed by atoms with Crippen molar-refractivity contribution in [3.63, 3.8) is 0 Å². The summed E-state index contributed by atoms with van der Waals surface area (Å²) in [6.45, 7) is 3.81. The van der Waals surface area contributed by atoms with Crippen molar-refractivity contribution in [3.05, 3.63) is 0 Å². The van der Waals surface area contributed by atoms with Gasteiger partial charge in [-0.1, -0.05) is 0 Å². The minimum Gasteiger partial charge on any atom is -0.302 e. The van der Waals surface area contributed by atoms with Gasteiger partial charge in [-0.3, -0.25) is 0 Å². The van der Waals surface area contributed by atoms with Crippen molar-refractivity contribution >= 4 is 0 Å². The molecule has 1 fully saturated rings. The largest absolute Gasteiger partial charge is 0.302 e. The fourth-order valence-corrected chi connectivity index (χ4v) is 0.601. The first-order valence-corrected chi connectivity index (χ1v) is 3.28. The van der Waals surface area contributed by atoms with Crippen molar-refractivity contribution in [1.29, 1.82) is 0 Å². The van der Waals surface area contributed by atoms with Crippen LogP contribution in [0.1, 0.15) is 19.8 Å². The molecule has 0 atom stereocenters. The van der Waals surface area contributed by atoms with Gasteiger partial charge in [-0.25, -0.2) is 5.48 Å². The van der Waals surface area contributed by atoms with E-state index in [0.717, 1.165) is 19.1 Å². The molecule has 1 N–H and O–H groups in total. The van der Waals surface area contributed by atoms with Crippen molar-refractivity contribution in [2.24, 2.45) is 5.92 Å². The van der Waals surface area contributed by atoms with Crippen LogP contribution < -0.4 is 5.48 Å².